The SMILES string of the molecule is O=C(O)[C@@H](Cc1nc2ccc(F)cc2[nH]1)N1C(=O)C=C(c2ccccc2)C1=O. The molecule has 2 aromatic carbocycles. The number of imide groups is 1. The van der Waals surface area contributed by atoms with Crippen LogP contribution in [0.25, 0.3) is 16.6 Å². The summed E-state index contributed by atoms with van der Waals surface area (Å²) >= 11 is 0. The van der Waals surface area contributed by atoms with Crippen LogP contribution in [-0.4, -0.2) is 43.8 Å². The van der Waals surface area contributed by atoms with Crippen LogP contribution in [0.3, 0.4) is 0 Å². The average molecular weight is 379 g/mol. The van der Waals surface area contributed by atoms with Gasteiger partial charge in [0.05, 0.1) is 16.6 Å². The first kappa shape index (κ1) is 17.6. The van der Waals surface area contributed by atoms with E-state index < -0.39 is 29.6 Å². The number of carbonyl (C=O) groups is 3. The molecule has 0 radical (unpaired) electrons. The van der Waals surface area contributed by atoms with Gasteiger partial charge < -0.3 is 10.1 Å². The second-order valence-electron chi connectivity index (χ2n) is 6.34. The van der Waals surface area contributed by atoms with E-state index in [1.165, 1.54) is 18.2 Å². The molecule has 8 heteroatoms. The second-order valence-corrected chi connectivity index (χ2v) is 6.34. The van der Waals surface area contributed by atoms with Crippen molar-refractivity contribution in [2.24, 2.45) is 0 Å². The number of H-pyrrole nitrogens is 1. The number of carbonyl (C=O) groups excluding carboxylic acids is 2. The largest absolute Gasteiger partial charge is 0.480 e. The van der Waals surface area contributed by atoms with E-state index in [1.54, 1.807) is 30.3 Å². The number of carboxylic acid groups (broad SMARTS) is 1. The zero-order valence-corrected chi connectivity index (χ0v) is 14.4. The van der Waals surface area contributed by atoms with Gasteiger partial charge >= 0.3 is 5.97 Å². The molecule has 0 spiro atoms. The third kappa shape index (κ3) is 3.05. The molecule has 1 aromatic heterocycles. The number of aromatic nitrogens is 2. The molecule has 140 valence electrons. The van der Waals surface area contributed by atoms with Gasteiger partial charge in [-0.2, -0.15) is 0 Å². The van der Waals surface area contributed by atoms with Gasteiger partial charge in [-0.25, -0.2) is 14.2 Å². The molecule has 0 saturated heterocycles. The fourth-order valence-electron chi connectivity index (χ4n) is 3.21. The predicted molar refractivity (Wildman–Crippen MR) is 97.5 cm³/mol. The van der Waals surface area contributed by atoms with Crippen LogP contribution in [0.2, 0.25) is 0 Å². The van der Waals surface area contributed by atoms with Crippen molar-refractivity contribution >= 4 is 34.4 Å². The van der Waals surface area contributed by atoms with E-state index in [1.807, 2.05) is 0 Å². The third-order valence-electron chi connectivity index (χ3n) is 4.52. The van der Waals surface area contributed by atoms with Crippen LogP contribution in [0.1, 0.15) is 11.4 Å². The van der Waals surface area contributed by atoms with Crippen molar-refractivity contribution < 1.29 is 23.9 Å². The lowest BCUT2D eigenvalue weighted by Crippen LogP contribution is -2.46. The Morgan fingerprint density at radius 3 is 2.64 bits per heavy atom. The molecule has 2 heterocycles. The first-order chi connectivity index (χ1) is 13.4. The number of nitrogens with one attached hydrogen (secondary N) is 1. The van der Waals surface area contributed by atoms with Crippen molar-refractivity contribution in [2.75, 3.05) is 0 Å². The molecule has 0 unspecified atom stereocenters. The van der Waals surface area contributed by atoms with E-state index in [0.29, 0.717) is 16.6 Å². The van der Waals surface area contributed by atoms with Gasteiger partial charge in [0.2, 0.25) is 0 Å². The van der Waals surface area contributed by atoms with Crippen LogP contribution in [0.5, 0.6) is 0 Å². The average Bonchev–Trinajstić information content (AvgIpc) is 3.20. The van der Waals surface area contributed by atoms with Gasteiger partial charge in [-0.3, -0.25) is 14.5 Å². The maximum absolute atomic E-state index is 13.3. The minimum atomic E-state index is -1.44. The van der Waals surface area contributed by atoms with Crippen LogP contribution in [0, 0.1) is 5.82 Å². The quantitative estimate of drug-likeness (QED) is 0.661. The van der Waals surface area contributed by atoms with Crippen LogP contribution >= 0.6 is 0 Å². The maximum atomic E-state index is 13.3. The topological polar surface area (TPSA) is 103 Å². The number of amides is 2. The Kier molecular flexibility index (Phi) is 4.23. The van der Waals surface area contributed by atoms with Gasteiger partial charge in [0.1, 0.15) is 17.7 Å². The number of aromatic amines is 1. The molecule has 28 heavy (non-hydrogen) atoms. The molecule has 0 fully saturated rings. The predicted octanol–water partition coefficient (Wildman–Crippen LogP) is 2.15. The molecule has 0 saturated carbocycles. The Morgan fingerprint density at radius 2 is 1.93 bits per heavy atom. The zero-order chi connectivity index (χ0) is 19.8. The number of imidazole rings is 1. The highest BCUT2D eigenvalue weighted by molar-refractivity contribution is 6.34. The van der Waals surface area contributed by atoms with Gasteiger partial charge in [-0.1, -0.05) is 30.3 Å². The summed E-state index contributed by atoms with van der Waals surface area (Å²) in [5.74, 6) is -2.93. The van der Waals surface area contributed by atoms with E-state index in [9.17, 15) is 23.9 Å². The number of fused-ring (bicyclic) bond motifs is 1. The lowest BCUT2D eigenvalue weighted by molar-refractivity contribution is -0.153. The monoisotopic (exact) mass is 379 g/mol. The van der Waals surface area contributed by atoms with E-state index in [2.05, 4.69) is 9.97 Å². The van der Waals surface area contributed by atoms with Gasteiger partial charge in [0.25, 0.3) is 11.8 Å². The Labute approximate surface area is 158 Å². The molecule has 7 nitrogen and oxygen atoms in total. The van der Waals surface area contributed by atoms with Gasteiger partial charge in [-0.15, -0.1) is 0 Å². The van der Waals surface area contributed by atoms with Gasteiger partial charge in [0, 0.05) is 12.5 Å². The van der Waals surface area contributed by atoms with Gasteiger partial charge in [-0.05, 0) is 23.8 Å². The third-order valence-corrected chi connectivity index (χ3v) is 4.52. The van der Waals surface area contributed by atoms with Crippen molar-refractivity contribution in [3.05, 3.63) is 71.8 Å². The summed E-state index contributed by atoms with van der Waals surface area (Å²) in [5.41, 5.74) is 1.54. The van der Waals surface area contributed by atoms with E-state index in [4.69, 9.17) is 0 Å². The molecule has 4 rings (SSSR count). The van der Waals surface area contributed by atoms with E-state index in [-0.39, 0.29) is 17.8 Å². The van der Waals surface area contributed by atoms with E-state index in [0.717, 1.165) is 11.0 Å². The number of hydrogen-bond donors (Lipinski definition) is 2. The van der Waals surface area contributed by atoms with Crippen LogP contribution < -0.4 is 0 Å². The van der Waals surface area contributed by atoms with E-state index >= 15 is 0 Å². The minimum absolute atomic E-state index is 0.142. The Bertz CT molecular complexity index is 1140. The Hall–Kier alpha value is -3.81. The number of benzene rings is 2. The molecule has 1 atom stereocenters. The maximum Gasteiger partial charge on any atom is 0.327 e. The van der Waals surface area contributed by atoms with Crippen molar-refractivity contribution in [1.82, 2.24) is 14.9 Å². The number of rotatable bonds is 5. The molecule has 1 aliphatic rings. The fourth-order valence-corrected chi connectivity index (χ4v) is 3.21. The van der Waals surface area contributed by atoms with Gasteiger partial charge in [0.15, 0.2) is 0 Å². The van der Waals surface area contributed by atoms with Crippen molar-refractivity contribution in [1.29, 1.82) is 0 Å². The fraction of sp³-hybridized carbons (Fsp3) is 0.100. The minimum Gasteiger partial charge on any atom is -0.480 e. The Morgan fingerprint density at radius 1 is 1.18 bits per heavy atom. The van der Waals surface area contributed by atoms with Crippen molar-refractivity contribution in [3.63, 3.8) is 0 Å². The van der Waals surface area contributed by atoms with Crippen molar-refractivity contribution in [2.45, 2.75) is 12.5 Å². The highest BCUT2D eigenvalue weighted by Crippen LogP contribution is 2.26. The normalized spacial score (nSPS) is 15.2. The summed E-state index contributed by atoms with van der Waals surface area (Å²) in [6, 6.07) is 11.1. The van der Waals surface area contributed by atoms with Crippen LogP contribution in [0.15, 0.2) is 54.6 Å². The number of carboxylic acids is 1. The number of halogens is 1. The standard InChI is InChI=1S/C20H14FN3O4/c21-12-6-7-14-15(8-12)23-17(22-14)10-16(20(27)28)24-18(25)9-13(19(24)26)11-4-2-1-3-5-11/h1-9,16H,10H2,(H,22,23)(H,27,28)/t16-/m1/s1. The summed E-state index contributed by atoms with van der Waals surface area (Å²) in [6.07, 6.45) is 0.917. The lowest BCUT2D eigenvalue weighted by Gasteiger charge is -2.22. The summed E-state index contributed by atoms with van der Waals surface area (Å²) in [7, 11) is 0. The molecule has 3 aromatic rings. The molecule has 0 bridgehead atoms. The van der Waals surface area contributed by atoms with Crippen molar-refractivity contribution in [3.8, 4) is 0 Å². The molecule has 1 aliphatic heterocycles. The first-order valence-corrected chi connectivity index (χ1v) is 8.45. The number of nitrogens with zero attached hydrogens (tertiary/aromatic N) is 2. The molecule has 0 aliphatic carbocycles. The summed E-state index contributed by atoms with van der Waals surface area (Å²) in [4.78, 5) is 44.8. The van der Waals surface area contributed by atoms with Crippen LogP contribution in [0.4, 0.5) is 4.39 Å². The molecular formula is C20H14FN3O4. The molecule has 2 amide bonds. The van der Waals surface area contributed by atoms with Crippen LogP contribution in [-0.2, 0) is 20.8 Å². The summed E-state index contributed by atoms with van der Waals surface area (Å²) < 4.78 is 13.3. The smallest absolute Gasteiger partial charge is 0.327 e. The first-order valence-electron chi connectivity index (χ1n) is 8.45. The highest BCUT2D eigenvalue weighted by atomic mass is 19.1. The second kappa shape index (κ2) is 6.73. The molecule has 2 N–H and O–H groups in total. The number of hydrogen-bond acceptors (Lipinski definition) is 4. The zero-order valence-electron chi connectivity index (χ0n) is 14.4. The Balaban J connectivity index is 1.64. The molecular weight excluding hydrogens is 365 g/mol. The number of aliphatic carboxylic acids is 1. The highest BCUT2D eigenvalue weighted by Gasteiger charge is 2.40. The summed E-state index contributed by atoms with van der Waals surface area (Å²) in [6.45, 7) is 0. The summed E-state index contributed by atoms with van der Waals surface area (Å²) in [5, 5.41) is 9.64. The lowest BCUT2D eigenvalue weighted by atomic mass is 10.1.